The number of rotatable bonds is 6. The van der Waals surface area contributed by atoms with Gasteiger partial charge in [-0.2, -0.15) is 0 Å². The van der Waals surface area contributed by atoms with Crippen LogP contribution in [-0.4, -0.2) is 15.0 Å². The Kier molecular flexibility index (Phi) is 7.10. The van der Waals surface area contributed by atoms with Gasteiger partial charge in [-0.3, -0.25) is 0 Å². The fourth-order valence-corrected chi connectivity index (χ4v) is 6.49. The first-order chi connectivity index (χ1) is 24.3. The molecule has 0 atom stereocenters. The number of hydrogen-bond donors (Lipinski definition) is 0. The number of furan rings is 1. The van der Waals surface area contributed by atoms with Crippen LogP contribution < -0.4 is 0 Å². The Morgan fingerprint density at radius 1 is 0.306 bits per heavy atom. The van der Waals surface area contributed by atoms with E-state index >= 15 is 0 Å². The summed E-state index contributed by atoms with van der Waals surface area (Å²) in [5, 5.41) is 2.19. The van der Waals surface area contributed by atoms with Gasteiger partial charge in [-0.05, 0) is 57.6 Å². The van der Waals surface area contributed by atoms with E-state index in [0.717, 1.165) is 55.3 Å². The second kappa shape index (κ2) is 12.2. The molecule has 2 heterocycles. The van der Waals surface area contributed by atoms with Crippen molar-refractivity contribution in [3.63, 3.8) is 0 Å². The van der Waals surface area contributed by atoms with Crippen molar-refractivity contribution in [2.24, 2.45) is 0 Å². The normalized spacial score (nSPS) is 11.3. The lowest BCUT2D eigenvalue weighted by atomic mass is 9.95. The second-order valence-corrected chi connectivity index (χ2v) is 12.1. The molecule has 9 aromatic rings. The maximum atomic E-state index is 6.38. The first-order valence-corrected chi connectivity index (χ1v) is 16.4. The van der Waals surface area contributed by atoms with Crippen LogP contribution in [0.5, 0.6) is 0 Å². The van der Waals surface area contributed by atoms with Crippen LogP contribution in [0.3, 0.4) is 0 Å². The molecule has 7 aromatic carbocycles. The van der Waals surface area contributed by atoms with Crippen molar-refractivity contribution in [3.8, 4) is 67.5 Å². The Balaban J connectivity index is 1.12. The summed E-state index contributed by atoms with van der Waals surface area (Å²) in [6, 6.07) is 60.5. The Bertz CT molecular complexity index is 2520. The number of benzene rings is 7. The lowest BCUT2D eigenvalue weighted by Gasteiger charge is -2.09. The van der Waals surface area contributed by atoms with Crippen molar-refractivity contribution >= 4 is 21.9 Å². The maximum absolute atomic E-state index is 6.38. The molecule has 0 fully saturated rings. The average Bonchev–Trinajstić information content (AvgIpc) is 3.57. The predicted octanol–water partition coefficient (Wildman–Crippen LogP) is 11.8. The maximum Gasteiger partial charge on any atom is 0.164 e. The number of aromatic nitrogens is 3. The molecular weight excluding hydrogens is 599 g/mol. The zero-order valence-electron chi connectivity index (χ0n) is 26.5. The van der Waals surface area contributed by atoms with Crippen molar-refractivity contribution in [2.45, 2.75) is 0 Å². The molecule has 49 heavy (non-hydrogen) atoms. The van der Waals surface area contributed by atoms with Crippen molar-refractivity contribution in [1.29, 1.82) is 0 Å². The number of nitrogens with zero attached hydrogens (tertiary/aromatic N) is 3. The van der Waals surface area contributed by atoms with Crippen LogP contribution >= 0.6 is 0 Å². The van der Waals surface area contributed by atoms with Gasteiger partial charge >= 0.3 is 0 Å². The lowest BCUT2D eigenvalue weighted by molar-refractivity contribution is 0.669. The highest BCUT2D eigenvalue weighted by Gasteiger charge is 2.16. The molecule has 0 saturated heterocycles. The highest BCUT2D eigenvalue weighted by molar-refractivity contribution is 6.13. The predicted molar refractivity (Wildman–Crippen MR) is 200 cm³/mol. The van der Waals surface area contributed by atoms with E-state index in [0.29, 0.717) is 17.5 Å². The third-order valence-electron chi connectivity index (χ3n) is 8.95. The van der Waals surface area contributed by atoms with Crippen molar-refractivity contribution in [3.05, 3.63) is 176 Å². The molecule has 0 aliphatic carbocycles. The van der Waals surface area contributed by atoms with Gasteiger partial charge in [0.05, 0.1) is 0 Å². The molecule has 0 amide bonds. The van der Waals surface area contributed by atoms with E-state index in [1.54, 1.807) is 0 Å². The summed E-state index contributed by atoms with van der Waals surface area (Å²) < 4.78 is 6.38. The van der Waals surface area contributed by atoms with Gasteiger partial charge in [0, 0.05) is 27.5 Å². The standard InChI is InChI=1S/C45H29N3O/c1-4-12-30(13-5-1)35-18-10-19-36(28-35)37-26-27-40-39(29-37)42-38(20-11-21-41(42)49-40)31-22-24-34(25-23-31)45-47-43(32-14-6-2-7-15-32)46-44(48-45)33-16-8-3-9-17-33/h1-29H. The molecule has 9 rings (SSSR count). The van der Waals surface area contributed by atoms with Gasteiger partial charge in [-0.1, -0.05) is 152 Å². The van der Waals surface area contributed by atoms with E-state index in [1.807, 2.05) is 72.8 Å². The molecular formula is C45H29N3O. The van der Waals surface area contributed by atoms with Crippen LogP contribution in [0.4, 0.5) is 0 Å². The van der Waals surface area contributed by atoms with Gasteiger partial charge in [0.2, 0.25) is 0 Å². The fourth-order valence-electron chi connectivity index (χ4n) is 6.49. The fraction of sp³-hybridized carbons (Fsp3) is 0. The highest BCUT2D eigenvalue weighted by Crippen LogP contribution is 2.39. The van der Waals surface area contributed by atoms with Crippen LogP contribution in [0.1, 0.15) is 0 Å². The highest BCUT2D eigenvalue weighted by atomic mass is 16.3. The summed E-state index contributed by atoms with van der Waals surface area (Å²) in [6.07, 6.45) is 0. The Morgan fingerprint density at radius 2 is 0.755 bits per heavy atom. The van der Waals surface area contributed by atoms with Crippen LogP contribution in [-0.2, 0) is 0 Å². The minimum atomic E-state index is 0.633. The van der Waals surface area contributed by atoms with Gasteiger partial charge in [-0.25, -0.2) is 15.0 Å². The molecule has 0 bridgehead atoms. The van der Waals surface area contributed by atoms with E-state index in [4.69, 9.17) is 19.4 Å². The van der Waals surface area contributed by atoms with Crippen LogP contribution in [0, 0.1) is 0 Å². The first-order valence-electron chi connectivity index (χ1n) is 16.4. The van der Waals surface area contributed by atoms with E-state index in [9.17, 15) is 0 Å². The summed E-state index contributed by atoms with van der Waals surface area (Å²) in [6.45, 7) is 0. The molecule has 0 saturated carbocycles. The third-order valence-corrected chi connectivity index (χ3v) is 8.95. The molecule has 0 radical (unpaired) electrons. The van der Waals surface area contributed by atoms with Crippen LogP contribution in [0.2, 0.25) is 0 Å². The average molecular weight is 628 g/mol. The molecule has 0 spiro atoms. The summed E-state index contributed by atoms with van der Waals surface area (Å²) in [7, 11) is 0. The number of hydrogen-bond acceptors (Lipinski definition) is 4. The smallest absolute Gasteiger partial charge is 0.164 e. The summed E-state index contributed by atoms with van der Waals surface area (Å²) >= 11 is 0. The van der Waals surface area contributed by atoms with Crippen LogP contribution in [0.25, 0.3) is 89.5 Å². The SMILES string of the molecule is c1ccc(-c2cccc(-c3ccc4oc5cccc(-c6ccc(-c7nc(-c8ccccc8)nc(-c8ccccc8)n7)cc6)c5c4c3)c2)cc1. The van der Waals surface area contributed by atoms with E-state index in [2.05, 4.69) is 103 Å². The molecule has 0 unspecified atom stereocenters. The second-order valence-electron chi connectivity index (χ2n) is 12.1. The largest absolute Gasteiger partial charge is 0.456 e. The third kappa shape index (κ3) is 5.45. The minimum absolute atomic E-state index is 0.633. The lowest BCUT2D eigenvalue weighted by Crippen LogP contribution is -2.00. The Labute approximate surface area is 284 Å². The van der Waals surface area contributed by atoms with Gasteiger partial charge in [0.25, 0.3) is 0 Å². The Morgan fingerprint density at radius 3 is 1.37 bits per heavy atom. The summed E-state index contributed by atoms with van der Waals surface area (Å²) in [4.78, 5) is 14.7. The number of fused-ring (bicyclic) bond motifs is 3. The van der Waals surface area contributed by atoms with Crippen molar-refractivity contribution in [2.75, 3.05) is 0 Å². The molecule has 4 nitrogen and oxygen atoms in total. The van der Waals surface area contributed by atoms with E-state index in [1.165, 1.54) is 16.7 Å². The molecule has 2 aromatic heterocycles. The van der Waals surface area contributed by atoms with Gasteiger partial charge in [0.15, 0.2) is 17.5 Å². The van der Waals surface area contributed by atoms with Crippen LogP contribution in [0.15, 0.2) is 180 Å². The molecule has 0 aliphatic rings. The van der Waals surface area contributed by atoms with Gasteiger partial charge < -0.3 is 4.42 Å². The van der Waals surface area contributed by atoms with E-state index < -0.39 is 0 Å². The van der Waals surface area contributed by atoms with Crippen molar-refractivity contribution in [1.82, 2.24) is 15.0 Å². The van der Waals surface area contributed by atoms with Crippen molar-refractivity contribution < 1.29 is 4.42 Å². The summed E-state index contributed by atoms with van der Waals surface area (Å²) in [5.74, 6) is 1.93. The topological polar surface area (TPSA) is 51.8 Å². The van der Waals surface area contributed by atoms with E-state index in [-0.39, 0.29) is 0 Å². The quantitative estimate of drug-likeness (QED) is 0.184. The first kappa shape index (κ1) is 28.6. The Hall–Kier alpha value is -6.65. The summed E-state index contributed by atoms with van der Waals surface area (Å²) in [5.41, 5.74) is 11.5. The molecule has 0 aliphatic heterocycles. The van der Waals surface area contributed by atoms with Gasteiger partial charge in [0.1, 0.15) is 11.2 Å². The molecule has 4 heteroatoms. The molecule has 230 valence electrons. The monoisotopic (exact) mass is 627 g/mol. The minimum Gasteiger partial charge on any atom is -0.456 e. The molecule has 0 N–H and O–H groups in total. The zero-order chi connectivity index (χ0) is 32.6. The van der Waals surface area contributed by atoms with Gasteiger partial charge in [-0.15, -0.1) is 0 Å². The zero-order valence-corrected chi connectivity index (χ0v) is 26.5.